The summed E-state index contributed by atoms with van der Waals surface area (Å²) in [4.78, 5) is 16.9. The van der Waals surface area contributed by atoms with Crippen molar-refractivity contribution in [3.8, 4) is 0 Å². The summed E-state index contributed by atoms with van der Waals surface area (Å²) in [5, 5.41) is 2.75. The molecule has 0 aliphatic carbocycles. The van der Waals surface area contributed by atoms with Crippen molar-refractivity contribution < 1.29 is 17.6 Å². The van der Waals surface area contributed by atoms with Gasteiger partial charge in [-0.25, -0.2) is 13.4 Å². The fourth-order valence-corrected chi connectivity index (χ4v) is 4.48. The van der Waals surface area contributed by atoms with Crippen molar-refractivity contribution in [2.24, 2.45) is 0 Å². The van der Waals surface area contributed by atoms with E-state index < -0.39 is 16.1 Å². The molecule has 0 fully saturated rings. The molecule has 0 radical (unpaired) electrons. The molecular formula is C18H17N3O4S. The fourth-order valence-electron chi connectivity index (χ4n) is 3.04. The van der Waals surface area contributed by atoms with Crippen LogP contribution in [0.5, 0.6) is 0 Å². The van der Waals surface area contributed by atoms with Crippen LogP contribution in [0.3, 0.4) is 0 Å². The van der Waals surface area contributed by atoms with Crippen LogP contribution >= 0.6 is 0 Å². The van der Waals surface area contributed by atoms with Crippen molar-refractivity contribution in [1.29, 1.82) is 0 Å². The Bertz CT molecular complexity index is 1040. The average Bonchev–Trinajstić information content (AvgIpc) is 3.04. The summed E-state index contributed by atoms with van der Waals surface area (Å²) >= 11 is 0. The Morgan fingerprint density at radius 2 is 1.96 bits per heavy atom. The van der Waals surface area contributed by atoms with Crippen LogP contribution in [-0.2, 0) is 27.7 Å². The van der Waals surface area contributed by atoms with Gasteiger partial charge in [-0.1, -0.05) is 30.3 Å². The Morgan fingerprint density at radius 3 is 2.81 bits per heavy atom. The molecule has 1 amide bonds. The van der Waals surface area contributed by atoms with Crippen molar-refractivity contribution >= 4 is 27.0 Å². The SMILES string of the molecule is O=C(NCCc1nc2ccccc2o1)C1Cc2ccccc2S(=O)(=O)N1. The number of rotatable bonds is 4. The molecule has 2 heterocycles. The van der Waals surface area contributed by atoms with E-state index in [-0.39, 0.29) is 10.8 Å². The molecule has 4 rings (SSSR count). The van der Waals surface area contributed by atoms with E-state index in [1.165, 1.54) is 0 Å². The van der Waals surface area contributed by atoms with E-state index in [1.807, 2.05) is 24.3 Å². The second kappa shape index (κ2) is 6.54. The molecule has 26 heavy (non-hydrogen) atoms. The van der Waals surface area contributed by atoms with E-state index in [2.05, 4.69) is 15.0 Å². The van der Waals surface area contributed by atoms with Crippen LogP contribution in [0.15, 0.2) is 57.8 Å². The van der Waals surface area contributed by atoms with Gasteiger partial charge >= 0.3 is 0 Å². The first-order chi connectivity index (χ1) is 12.5. The zero-order valence-electron chi connectivity index (χ0n) is 13.8. The summed E-state index contributed by atoms with van der Waals surface area (Å²) in [7, 11) is -3.67. The Morgan fingerprint density at radius 1 is 1.19 bits per heavy atom. The highest BCUT2D eigenvalue weighted by molar-refractivity contribution is 7.89. The van der Waals surface area contributed by atoms with E-state index in [0.717, 1.165) is 5.52 Å². The number of oxazole rings is 1. The first kappa shape index (κ1) is 16.7. The third-order valence-electron chi connectivity index (χ3n) is 4.28. The van der Waals surface area contributed by atoms with Gasteiger partial charge < -0.3 is 9.73 Å². The number of aromatic nitrogens is 1. The monoisotopic (exact) mass is 371 g/mol. The van der Waals surface area contributed by atoms with Crippen molar-refractivity contribution in [3.05, 3.63) is 60.0 Å². The molecule has 2 aromatic carbocycles. The Hall–Kier alpha value is -2.71. The van der Waals surface area contributed by atoms with E-state index in [0.29, 0.717) is 36.4 Å². The standard InChI is InChI=1S/C18H17N3O4S/c22-18(14-11-12-5-1-4-8-16(12)26(23,24)21-14)19-10-9-17-20-13-6-2-3-7-15(13)25-17/h1-8,14,21H,9-11H2,(H,19,22). The highest BCUT2D eigenvalue weighted by Gasteiger charge is 2.33. The van der Waals surface area contributed by atoms with Crippen LogP contribution in [0.25, 0.3) is 11.1 Å². The number of fused-ring (bicyclic) bond motifs is 2. The minimum atomic E-state index is -3.67. The lowest BCUT2D eigenvalue weighted by Gasteiger charge is -2.24. The highest BCUT2D eigenvalue weighted by atomic mass is 32.2. The molecule has 1 aromatic heterocycles. The summed E-state index contributed by atoms with van der Waals surface area (Å²) in [5.74, 6) is 0.167. The van der Waals surface area contributed by atoms with Gasteiger partial charge in [-0.2, -0.15) is 4.72 Å². The third-order valence-corrected chi connectivity index (χ3v) is 5.85. The zero-order chi connectivity index (χ0) is 18.1. The van der Waals surface area contributed by atoms with Crippen LogP contribution in [-0.4, -0.2) is 31.9 Å². The summed E-state index contributed by atoms with van der Waals surface area (Å²) in [5.41, 5.74) is 2.11. The van der Waals surface area contributed by atoms with Gasteiger partial charge in [0.05, 0.1) is 4.90 Å². The Labute approximate surface area is 150 Å². The number of benzene rings is 2. The lowest BCUT2D eigenvalue weighted by Crippen LogP contribution is -2.50. The molecule has 0 bridgehead atoms. The summed E-state index contributed by atoms with van der Waals surface area (Å²) in [6, 6.07) is 13.3. The van der Waals surface area contributed by atoms with Gasteiger partial charge in [0.15, 0.2) is 11.5 Å². The first-order valence-electron chi connectivity index (χ1n) is 8.25. The molecule has 2 N–H and O–H groups in total. The van der Waals surface area contributed by atoms with Crippen molar-refractivity contribution in [1.82, 2.24) is 15.0 Å². The maximum absolute atomic E-state index is 12.4. The largest absolute Gasteiger partial charge is 0.441 e. The van der Waals surface area contributed by atoms with Gasteiger partial charge in [0.2, 0.25) is 15.9 Å². The number of carbonyl (C=O) groups is 1. The predicted molar refractivity (Wildman–Crippen MR) is 95.0 cm³/mol. The number of para-hydroxylation sites is 2. The molecule has 1 aliphatic heterocycles. The summed E-state index contributed by atoms with van der Waals surface area (Å²) < 4.78 is 32.6. The Balaban J connectivity index is 1.39. The summed E-state index contributed by atoms with van der Waals surface area (Å²) in [6.45, 7) is 0.311. The van der Waals surface area contributed by atoms with Gasteiger partial charge in [0.25, 0.3) is 0 Å². The van der Waals surface area contributed by atoms with E-state index in [9.17, 15) is 13.2 Å². The van der Waals surface area contributed by atoms with E-state index in [4.69, 9.17) is 4.42 Å². The van der Waals surface area contributed by atoms with E-state index in [1.54, 1.807) is 24.3 Å². The van der Waals surface area contributed by atoms with Crippen molar-refractivity contribution in [3.63, 3.8) is 0 Å². The zero-order valence-corrected chi connectivity index (χ0v) is 14.6. The minimum absolute atomic E-state index is 0.232. The maximum Gasteiger partial charge on any atom is 0.241 e. The van der Waals surface area contributed by atoms with Crippen LogP contribution in [0, 0.1) is 0 Å². The fraction of sp³-hybridized carbons (Fsp3) is 0.222. The van der Waals surface area contributed by atoms with Crippen molar-refractivity contribution in [2.45, 2.75) is 23.8 Å². The topological polar surface area (TPSA) is 101 Å². The second-order valence-corrected chi connectivity index (χ2v) is 7.78. The predicted octanol–water partition coefficient (Wildman–Crippen LogP) is 1.39. The van der Waals surface area contributed by atoms with Gasteiger partial charge in [0, 0.05) is 13.0 Å². The molecule has 8 heteroatoms. The number of nitrogens with one attached hydrogen (secondary N) is 2. The van der Waals surface area contributed by atoms with Crippen molar-refractivity contribution in [2.75, 3.05) is 6.54 Å². The quantitative estimate of drug-likeness (QED) is 0.722. The molecular weight excluding hydrogens is 354 g/mol. The molecule has 3 aromatic rings. The molecule has 7 nitrogen and oxygen atoms in total. The average molecular weight is 371 g/mol. The molecule has 1 unspecified atom stereocenters. The second-order valence-electron chi connectivity index (χ2n) is 6.10. The maximum atomic E-state index is 12.4. The molecule has 1 atom stereocenters. The van der Waals surface area contributed by atoms with Crippen LogP contribution < -0.4 is 10.0 Å². The molecule has 0 saturated carbocycles. The Kier molecular flexibility index (Phi) is 4.21. The number of nitrogens with zero attached hydrogens (tertiary/aromatic N) is 1. The molecule has 0 saturated heterocycles. The lowest BCUT2D eigenvalue weighted by molar-refractivity contribution is -0.122. The number of hydrogen-bond acceptors (Lipinski definition) is 5. The van der Waals surface area contributed by atoms with Crippen LogP contribution in [0.1, 0.15) is 11.5 Å². The smallest absolute Gasteiger partial charge is 0.241 e. The number of hydrogen-bond donors (Lipinski definition) is 2. The van der Waals surface area contributed by atoms with Crippen LogP contribution in [0.4, 0.5) is 0 Å². The normalized spacial score (nSPS) is 18.4. The van der Waals surface area contributed by atoms with Gasteiger partial charge in [-0.05, 0) is 30.2 Å². The van der Waals surface area contributed by atoms with Gasteiger partial charge in [-0.15, -0.1) is 0 Å². The van der Waals surface area contributed by atoms with Gasteiger partial charge in [-0.3, -0.25) is 4.79 Å². The van der Waals surface area contributed by atoms with Crippen LogP contribution in [0.2, 0.25) is 0 Å². The minimum Gasteiger partial charge on any atom is -0.441 e. The number of amides is 1. The number of sulfonamides is 1. The first-order valence-corrected chi connectivity index (χ1v) is 9.74. The third kappa shape index (κ3) is 3.21. The number of carbonyl (C=O) groups excluding carboxylic acids is 1. The summed E-state index contributed by atoms with van der Waals surface area (Å²) in [6.07, 6.45) is 0.751. The highest BCUT2D eigenvalue weighted by Crippen LogP contribution is 2.22. The van der Waals surface area contributed by atoms with Gasteiger partial charge in [0.1, 0.15) is 11.6 Å². The molecule has 1 aliphatic rings. The lowest BCUT2D eigenvalue weighted by atomic mass is 10.1. The molecule has 134 valence electrons. The molecule has 0 spiro atoms. The van der Waals surface area contributed by atoms with E-state index >= 15 is 0 Å².